The Morgan fingerprint density at radius 2 is 1.83 bits per heavy atom. The topological polar surface area (TPSA) is 89.3 Å². The molecule has 23 heavy (non-hydrogen) atoms. The zero-order chi connectivity index (χ0) is 17.0. The van der Waals surface area contributed by atoms with Crippen LogP contribution < -0.4 is 11.1 Å². The van der Waals surface area contributed by atoms with E-state index in [9.17, 15) is 13.2 Å². The average Bonchev–Trinajstić information content (AvgIpc) is 2.54. The van der Waals surface area contributed by atoms with E-state index < -0.39 is 15.9 Å². The summed E-state index contributed by atoms with van der Waals surface area (Å²) in [6.45, 7) is 1.80. The Labute approximate surface area is 140 Å². The molecule has 1 unspecified atom stereocenters. The number of nitrogens with two attached hydrogens (primary N) is 1. The van der Waals surface area contributed by atoms with Crippen molar-refractivity contribution >= 4 is 33.0 Å². The molecular formula is C16H17ClN2O3S. The van der Waals surface area contributed by atoms with Gasteiger partial charge in [-0.05, 0) is 48.9 Å². The van der Waals surface area contributed by atoms with Gasteiger partial charge in [-0.3, -0.25) is 4.79 Å². The molecule has 2 aromatic carbocycles. The molecule has 3 N–H and O–H groups in total. The van der Waals surface area contributed by atoms with Crippen molar-refractivity contribution in [3.63, 3.8) is 0 Å². The van der Waals surface area contributed by atoms with E-state index in [1.165, 1.54) is 36.4 Å². The fraction of sp³-hybridized carbons (Fsp3) is 0.188. The molecule has 0 saturated carbocycles. The first-order valence-corrected chi connectivity index (χ1v) is 8.88. The van der Waals surface area contributed by atoms with Crippen LogP contribution in [0.5, 0.6) is 0 Å². The van der Waals surface area contributed by atoms with Crippen LogP contribution >= 0.6 is 11.6 Å². The molecule has 1 atom stereocenters. The minimum absolute atomic E-state index is 0.0858. The third-order valence-corrected chi connectivity index (χ3v) is 5.33. The van der Waals surface area contributed by atoms with Crippen LogP contribution in [-0.2, 0) is 14.6 Å². The minimum Gasteiger partial charge on any atom is -0.325 e. The summed E-state index contributed by atoms with van der Waals surface area (Å²) in [6, 6.07) is 11.3. The van der Waals surface area contributed by atoms with E-state index in [0.29, 0.717) is 17.1 Å². The molecule has 0 aliphatic rings. The largest absolute Gasteiger partial charge is 0.325 e. The molecule has 0 aliphatic heterocycles. The van der Waals surface area contributed by atoms with Crippen LogP contribution in [0, 0.1) is 0 Å². The maximum Gasteiger partial charge on any atom is 0.241 e. The van der Waals surface area contributed by atoms with E-state index in [2.05, 4.69) is 5.32 Å². The van der Waals surface area contributed by atoms with Gasteiger partial charge in [0.15, 0.2) is 0 Å². The van der Waals surface area contributed by atoms with Crippen molar-refractivity contribution in [2.24, 2.45) is 5.73 Å². The van der Waals surface area contributed by atoms with Gasteiger partial charge in [0, 0.05) is 10.7 Å². The summed E-state index contributed by atoms with van der Waals surface area (Å²) in [6.07, 6.45) is 0.495. The quantitative estimate of drug-likeness (QED) is 0.865. The van der Waals surface area contributed by atoms with Gasteiger partial charge in [-0.2, -0.15) is 0 Å². The summed E-state index contributed by atoms with van der Waals surface area (Å²) < 4.78 is 25.2. The Balaban J connectivity index is 2.32. The zero-order valence-electron chi connectivity index (χ0n) is 12.5. The molecule has 1 amide bonds. The average molecular weight is 353 g/mol. The van der Waals surface area contributed by atoms with Gasteiger partial charge in [0.2, 0.25) is 15.7 Å². The first-order chi connectivity index (χ1) is 10.8. The maximum absolute atomic E-state index is 12.6. The Morgan fingerprint density at radius 1 is 1.17 bits per heavy atom. The Kier molecular flexibility index (Phi) is 5.41. The van der Waals surface area contributed by atoms with Crippen molar-refractivity contribution in [2.75, 3.05) is 5.32 Å². The van der Waals surface area contributed by atoms with Crippen molar-refractivity contribution < 1.29 is 13.2 Å². The molecule has 0 aromatic heterocycles. The van der Waals surface area contributed by atoms with Crippen LogP contribution in [-0.4, -0.2) is 20.4 Å². The van der Waals surface area contributed by atoms with Crippen LogP contribution in [0.1, 0.15) is 13.3 Å². The van der Waals surface area contributed by atoms with Crippen molar-refractivity contribution in [1.29, 1.82) is 0 Å². The van der Waals surface area contributed by atoms with Crippen LogP contribution in [0.15, 0.2) is 58.3 Å². The first-order valence-electron chi connectivity index (χ1n) is 7.01. The van der Waals surface area contributed by atoms with Gasteiger partial charge in [0.25, 0.3) is 0 Å². The van der Waals surface area contributed by atoms with Crippen molar-refractivity contribution in [1.82, 2.24) is 0 Å². The molecule has 0 fully saturated rings. The minimum atomic E-state index is -3.68. The summed E-state index contributed by atoms with van der Waals surface area (Å²) in [4.78, 5) is 12.0. The number of hydrogen-bond acceptors (Lipinski definition) is 4. The fourth-order valence-electron chi connectivity index (χ4n) is 1.91. The van der Waals surface area contributed by atoms with Crippen molar-refractivity contribution in [3.05, 3.63) is 53.6 Å². The third-order valence-electron chi connectivity index (χ3n) is 3.31. The number of sulfone groups is 1. The van der Waals surface area contributed by atoms with Crippen molar-refractivity contribution in [2.45, 2.75) is 29.2 Å². The van der Waals surface area contributed by atoms with E-state index in [0.717, 1.165) is 0 Å². The first kappa shape index (κ1) is 17.5. The molecule has 0 radical (unpaired) electrons. The lowest BCUT2D eigenvalue weighted by Gasteiger charge is -2.11. The van der Waals surface area contributed by atoms with E-state index in [1.54, 1.807) is 19.1 Å². The summed E-state index contributed by atoms with van der Waals surface area (Å²) in [5, 5.41) is 3.07. The van der Waals surface area contributed by atoms with Gasteiger partial charge >= 0.3 is 0 Å². The van der Waals surface area contributed by atoms with Crippen molar-refractivity contribution in [3.8, 4) is 0 Å². The SMILES string of the molecule is CCC(N)C(=O)Nc1cccc(S(=O)(=O)c2ccc(Cl)cc2)c1. The summed E-state index contributed by atoms with van der Waals surface area (Å²) >= 11 is 5.78. The number of hydrogen-bond donors (Lipinski definition) is 2. The molecule has 7 heteroatoms. The van der Waals surface area contributed by atoms with Gasteiger partial charge < -0.3 is 11.1 Å². The van der Waals surface area contributed by atoms with Gasteiger partial charge in [-0.15, -0.1) is 0 Å². The Morgan fingerprint density at radius 3 is 2.43 bits per heavy atom. The molecule has 0 spiro atoms. The Hall–Kier alpha value is -1.89. The summed E-state index contributed by atoms with van der Waals surface area (Å²) in [7, 11) is -3.68. The van der Waals surface area contributed by atoms with Gasteiger partial charge in [-0.25, -0.2) is 8.42 Å². The molecule has 0 saturated heterocycles. The highest BCUT2D eigenvalue weighted by atomic mass is 35.5. The third kappa shape index (κ3) is 4.10. The van der Waals surface area contributed by atoms with E-state index in [-0.39, 0.29) is 15.7 Å². The molecule has 0 bridgehead atoms. The molecule has 2 aromatic rings. The molecule has 122 valence electrons. The number of anilines is 1. The number of nitrogens with one attached hydrogen (secondary N) is 1. The second-order valence-electron chi connectivity index (χ2n) is 4.99. The van der Waals surface area contributed by atoms with E-state index in [1.807, 2.05) is 0 Å². The molecule has 0 heterocycles. The van der Waals surface area contributed by atoms with Crippen LogP contribution in [0.2, 0.25) is 5.02 Å². The normalized spacial score (nSPS) is 12.7. The molecule has 2 rings (SSSR count). The van der Waals surface area contributed by atoms with Gasteiger partial charge in [0.05, 0.1) is 15.8 Å². The highest BCUT2D eigenvalue weighted by molar-refractivity contribution is 7.91. The predicted octanol–water partition coefficient (Wildman–Crippen LogP) is 2.85. The lowest BCUT2D eigenvalue weighted by atomic mass is 10.2. The van der Waals surface area contributed by atoms with Gasteiger partial charge in [0.1, 0.15) is 0 Å². The molecule has 5 nitrogen and oxygen atoms in total. The highest BCUT2D eigenvalue weighted by Gasteiger charge is 2.18. The standard InChI is InChI=1S/C16H17ClN2O3S/c1-2-15(18)16(20)19-12-4-3-5-14(10-12)23(21,22)13-8-6-11(17)7-9-13/h3-10,15H,2,18H2,1H3,(H,19,20). The Bertz CT molecular complexity index is 804. The highest BCUT2D eigenvalue weighted by Crippen LogP contribution is 2.24. The smallest absolute Gasteiger partial charge is 0.241 e. The second kappa shape index (κ2) is 7.12. The van der Waals surface area contributed by atoms with Crippen LogP contribution in [0.3, 0.4) is 0 Å². The monoisotopic (exact) mass is 352 g/mol. The molecule has 0 aliphatic carbocycles. The number of benzene rings is 2. The van der Waals surface area contributed by atoms with Crippen LogP contribution in [0.4, 0.5) is 5.69 Å². The predicted molar refractivity (Wildman–Crippen MR) is 90.2 cm³/mol. The maximum atomic E-state index is 12.6. The fourth-order valence-corrected chi connectivity index (χ4v) is 3.34. The molecular weight excluding hydrogens is 336 g/mol. The number of amides is 1. The lowest BCUT2D eigenvalue weighted by molar-refractivity contribution is -0.117. The zero-order valence-corrected chi connectivity index (χ0v) is 14.1. The number of halogens is 1. The van der Waals surface area contributed by atoms with E-state index in [4.69, 9.17) is 17.3 Å². The number of rotatable bonds is 5. The second-order valence-corrected chi connectivity index (χ2v) is 7.38. The number of carbonyl (C=O) groups excluding carboxylic acids is 1. The van der Waals surface area contributed by atoms with Gasteiger partial charge in [-0.1, -0.05) is 24.6 Å². The lowest BCUT2D eigenvalue weighted by Crippen LogP contribution is -2.34. The summed E-state index contributed by atoms with van der Waals surface area (Å²) in [5.41, 5.74) is 6.03. The summed E-state index contributed by atoms with van der Waals surface area (Å²) in [5.74, 6) is -0.353. The van der Waals surface area contributed by atoms with Crippen LogP contribution in [0.25, 0.3) is 0 Å². The number of carbonyl (C=O) groups is 1. The van der Waals surface area contributed by atoms with E-state index >= 15 is 0 Å².